The number of nitrogens with zero attached hydrogens (tertiary/aromatic N) is 1. The van der Waals surface area contributed by atoms with Crippen LogP contribution >= 0.6 is 0 Å². The Labute approximate surface area is 102 Å². The van der Waals surface area contributed by atoms with Gasteiger partial charge >= 0.3 is 0 Å². The van der Waals surface area contributed by atoms with Crippen LogP contribution in [0.2, 0.25) is 0 Å². The Morgan fingerprint density at radius 2 is 1.94 bits per heavy atom. The summed E-state index contributed by atoms with van der Waals surface area (Å²) in [7, 11) is 0. The zero-order chi connectivity index (χ0) is 11.9. The average molecular weight is 224 g/mol. The van der Waals surface area contributed by atoms with Crippen LogP contribution in [0.25, 0.3) is 6.08 Å². The number of hydrogen-bond donors (Lipinski definition) is 1. The van der Waals surface area contributed by atoms with Crippen LogP contribution in [-0.2, 0) is 0 Å². The first-order valence-corrected chi connectivity index (χ1v) is 5.73. The maximum absolute atomic E-state index is 4.28. The van der Waals surface area contributed by atoms with Gasteiger partial charge in [-0.15, -0.1) is 0 Å². The number of hydrogen-bond acceptors (Lipinski definition) is 2. The monoisotopic (exact) mass is 224 g/mol. The van der Waals surface area contributed by atoms with Crippen molar-refractivity contribution < 1.29 is 0 Å². The molecule has 0 fully saturated rings. The minimum Gasteiger partial charge on any atom is -0.366 e. The van der Waals surface area contributed by atoms with Crippen LogP contribution in [0.3, 0.4) is 0 Å². The highest BCUT2D eigenvalue weighted by molar-refractivity contribution is 5.50. The highest BCUT2D eigenvalue weighted by atomic mass is 15.0. The maximum Gasteiger partial charge on any atom is 0.129 e. The third-order valence-electron chi connectivity index (χ3n) is 2.51. The third-order valence-corrected chi connectivity index (χ3v) is 2.51. The third kappa shape index (κ3) is 3.45. The van der Waals surface area contributed by atoms with Crippen LogP contribution < -0.4 is 5.32 Å². The van der Waals surface area contributed by atoms with Gasteiger partial charge in [0.15, 0.2) is 0 Å². The number of anilines is 1. The van der Waals surface area contributed by atoms with E-state index in [-0.39, 0.29) is 0 Å². The minimum atomic E-state index is 0.784. The molecule has 0 aliphatic rings. The summed E-state index contributed by atoms with van der Waals surface area (Å²) >= 11 is 0. The van der Waals surface area contributed by atoms with Crippen molar-refractivity contribution in [1.82, 2.24) is 4.98 Å². The fourth-order valence-corrected chi connectivity index (χ4v) is 1.59. The number of nitrogens with one attached hydrogen (secondary N) is 1. The zero-order valence-electron chi connectivity index (χ0n) is 9.93. The molecule has 0 aliphatic heterocycles. The molecule has 0 saturated heterocycles. The van der Waals surface area contributed by atoms with E-state index in [1.54, 1.807) is 6.20 Å². The molecule has 1 aromatic heterocycles. The van der Waals surface area contributed by atoms with Gasteiger partial charge in [0.1, 0.15) is 5.82 Å². The molecular weight excluding hydrogens is 208 g/mol. The van der Waals surface area contributed by atoms with Crippen molar-refractivity contribution >= 4 is 11.9 Å². The first-order chi connectivity index (χ1) is 8.36. The number of benzene rings is 1. The Morgan fingerprint density at radius 3 is 2.71 bits per heavy atom. The van der Waals surface area contributed by atoms with Gasteiger partial charge in [0, 0.05) is 12.7 Å². The van der Waals surface area contributed by atoms with Gasteiger partial charge < -0.3 is 5.32 Å². The van der Waals surface area contributed by atoms with Gasteiger partial charge in [0.05, 0.1) is 0 Å². The zero-order valence-corrected chi connectivity index (χ0v) is 9.93. The van der Waals surface area contributed by atoms with E-state index in [4.69, 9.17) is 0 Å². The van der Waals surface area contributed by atoms with Gasteiger partial charge in [-0.1, -0.05) is 48.6 Å². The molecule has 2 rings (SSSR count). The van der Waals surface area contributed by atoms with Gasteiger partial charge in [-0.2, -0.15) is 0 Å². The van der Waals surface area contributed by atoms with E-state index >= 15 is 0 Å². The second-order valence-electron chi connectivity index (χ2n) is 3.86. The van der Waals surface area contributed by atoms with Crippen molar-refractivity contribution in [3.05, 3.63) is 65.9 Å². The SMILES string of the molecule is Cc1cccnc1NC/C=C/c1ccccc1. The normalized spacial score (nSPS) is 10.6. The molecular formula is C15H16N2. The van der Waals surface area contributed by atoms with Crippen molar-refractivity contribution in [3.63, 3.8) is 0 Å². The fourth-order valence-electron chi connectivity index (χ4n) is 1.59. The van der Waals surface area contributed by atoms with Crippen molar-refractivity contribution in [2.75, 3.05) is 11.9 Å². The van der Waals surface area contributed by atoms with Crippen LogP contribution in [0.1, 0.15) is 11.1 Å². The molecule has 0 atom stereocenters. The van der Waals surface area contributed by atoms with Gasteiger partial charge in [0.25, 0.3) is 0 Å². The Morgan fingerprint density at radius 1 is 1.12 bits per heavy atom. The van der Waals surface area contributed by atoms with Crippen LogP contribution in [0.15, 0.2) is 54.7 Å². The van der Waals surface area contributed by atoms with E-state index in [2.05, 4.69) is 47.6 Å². The summed E-state index contributed by atoms with van der Waals surface area (Å²) in [4.78, 5) is 4.28. The molecule has 0 amide bonds. The molecule has 2 aromatic rings. The molecule has 0 unspecified atom stereocenters. The Kier molecular flexibility index (Phi) is 3.92. The van der Waals surface area contributed by atoms with Crippen LogP contribution in [0.4, 0.5) is 5.82 Å². The van der Waals surface area contributed by atoms with Gasteiger partial charge in [-0.25, -0.2) is 4.98 Å². The van der Waals surface area contributed by atoms with E-state index < -0.39 is 0 Å². The number of aryl methyl sites for hydroxylation is 1. The first kappa shape index (κ1) is 11.4. The number of rotatable bonds is 4. The summed E-state index contributed by atoms with van der Waals surface area (Å²) in [5.74, 6) is 0.949. The average Bonchev–Trinajstić information content (AvgIpc) is 2.38. The predicted octanol–water partition coefficient (Wildman–Crippen LogP) is 3.52. The van der Waals surface area contributed by atoms with Crippen LogP contribution in [0, 0.1) is 6.92 Å². The summed E-state index contributed by atoms with van der Waals surface area (Å²) in [6.45, 7) is 2.84. The fraction of sp³-hybridized carbons (Fsp3) is 0.133. The largest absolute Gasteiger partial charge is 0.366 e. The lowest BCUT2D eigenvalue weighted by Crippen LogP contribution is -2.01. The Balaban J connectivity index is 1.88. The van der Waals surface area contributed by atoms with Crippen molar-refractivity contribution in [3.8, 4) is 0 Å². The molecule has 0 bridgehead atoms. The lowest BCUT2D eigenvalue weighted by atomic mass is 10.2. The molecule has 17 heavy (non-hydrogen) atoms. The van der Waals surface area contributed by atoms with Crippen molar-refractivity contribution in [1.29, 1.82) is 0 Å². The molecule has 1 aromatic carbocycles. The molecule has 0 saturated carbocycles. The summed E-state index contributed by atoms with van der Waals surface area (Å²) in [5.41, 5.74) is 2.38. The highest BCUT2D eigenvalue weighted by Crippen LogP contribution is 2.08. The van der Waals surface area contributed by atoms with Crippen molar-refractivity contribution in [2.45, 2.75) is 6.92 Å². The molecule has 86 valence electrons. The summed E-state index contributed by atoms with van der Waals surface area (Å²) < 4.78 is 0. The lowest BCUT2D eigenvalue weighted by molar-refractivity contribution is 1.19. The van der Waals surface area contributed by atoms with Crippen LogP contribution in [0.5, 0.6) is 0 Å². The minimum absolute atomic E-state index is 0.784. The van der Waals surface area contributed by atoms with Crippen molar-refractivity contribution in [2.24, 2.45) is 0 Å². The molecule has 0 aliphatic carbocycles. The lowest BCUT2D eigenvalue weighted by Gasteiger charge is -2.04. The molecule has 2 nitrogen and oxygen atoms in total. The maximum atomic E-state index is 4.28. The van der Waals surface area contributed by atoms with Gasteiger partial charge in [0.2, 0.25) is 0 Å². The van der Waals surface area contributed by atoms with Crippen LogP contribution in [-0.4, -0.2) is 11.5 Å². The topological polar surface area (TPSA) is 24.9 Å². The first-order valence-electron chi connectivity index (χ1n) is 5.73. The predicted molar refractivity (Wildman–Crippen MR) is 72.9 cm³/mol. The smallest absolute Gasteiger partial charge is 0.129 e. The van der Waals surface area contributed by atoms with Gasteiger partial charge in [-0.05, 0) is 24.1 Å². The standard InChI is InChI=1S/C15H16N2/c1-13-7-5-11-16-15(13)17-12-6-10-14-8-3-2-4-9-14/h2-11H,12H2,1H3,(H,16,17)/b10-6+. The highest BCUT2D eigenvalue weighted by Gasteiger charge is 1.94. The Bertz CT molecular complexity index is 489. The number of aromatic nitrogens is 1. The quantitative estimate of drug-likeness (QED) is 0.859. The molecule has 1 heterocycles. The number of pyridine rings is 1. The van der Waals surface area contributed by atoms with Gasteiger partial charge in [-0.3, -0.25) is 0 Å². The molecule has 1 N–H and O–H groups in total. The van der Waals surface area contributed by atoms with E-state index in [0.717, 1.165) is 12.4 Å². The second kappa shape index (κ2) is 5.85. The van der Waals surface area contributed by atoms with E-state index in [9.17, 15) is 0 Å². The van der Waals surface area contributed by atoms with E-state index in [1.165, 1.54) is 11.1 Å². The summed E-state index contributed by atoms with van der Waals surface area (Å²) in [6.07, 6.45) is 6.00. The van der Waals surface area contributed by atoms with E-state index in [0.29, 0.717) is 0 Å². The second-order valence-corrected chi connectivity index (χ2v) is 3.86. The molecule has 0 spiro atoms. The Hall–Kier alpha value is -2.09. The molecule has 0 radical (unpaired) electrons. The molecule has 2 heteroatoms. The summed E-state index contributed by atoms with van der Waals surface area (Å²) in [6, 6.07) is 14.3. The van der Waals surface area contributed by atoms with E-state index in [1.807, 2.05) is 24.3 Å². The summed E-state index contributed by atoms with van der Waals surface area (Å²) in [5, 5.41) is 3.29.